The Balaban J connectivity index is 2.28. The molecular weight excluding hydrogens is 258 g/mol. The van der Waals surface area contributed by atoms with E-state index in [1.165, 1.54) is 11.1 Å². The van der Waals surface area contributed by atoms with Gasteiger partial charge in [-0.3, -0.25) is 4.57 Å². The second-order valence-electron chi connectivity index (χ2n) is 4.74. The number of hydrogen-bond acceptors (Lipinski definition) is 2. The Morgan fingerprint density at radius 2 is 1.84 bits per heavy atom. The van der Waals surface area contributed by atoms with E-state index in [2.05, 4.69) is 31.0 Å². The number of imidazole rings is 1. The first-order valence-electron chi connectivity index (χ1n) is 6.06. The number of nitrogens with zero attached hydrogens (tertiary/aromatic N) is 2. The summed E-state index contributed by atoms with van der Waals surface area (Å²) in [5.74, 6) is 0. The Bertz CT molecular complexity index is 774. The molecule has 1 heterocycles. The number of anilines is 1. The number of halogens is 1. The highest BCUT2D eigenvalue weighted by molar-refractivity contribution is 6.30. The second kappa shape index (κ2) is 4.28. The van der Waals surface area contributed by atoms with Gasteiger partial charge in [0.1, 0.15) is 6.33 Å². The molecule has 4 heteroatoms. The number of nitrogen functional groups attached to an aromatic ring is 1. The Labute approximate surface area is 116 Å². The van der Waals surface area contributed by atoms with Crippen LogP contribution < -0.4 is 5.73 Å². The zero-order valence-corrected chi connectivity index (χ0v) is 11.6. The molecular formula is C15H14ClN3. The molecule has 3 nitrogen and oxygen atoms in total. The van der Waals surface area contributed by atoms with E-state index in [0.717, 1.165) is 16.7 Å². The lowest BCUT2D eigenvalue weighted by Crippen LogP contribution is -1.98. The minimum absolute atomic E-state index is 0.637. The van der Waals surface area contributed by atoms with Crippen molar-refractivity contribution in [2.24, 2.45) is 0 Å². The molecule has 0 bridgehead atoms. The first kappa shape index (κ1) is 12.1. The maximum Gasteiger partial charge on any atom is 0.100 e. The predicted molar refractivity (Wildman–Crippen MR) is 80.0 cm³/mol. The quantitative estimate of drug-likeness (QED) is 0.683. The molecule has 0 spiro atoms. The van der Waals surface area contributed by atoms with E-state index in [1.54, 1.807) is 12.4 Å². The molecule has 0 unspecified atom stereocenters. The smallest absolute Gasteiger partial charge is 0.100 e. The third kappa shape index (κ3) is 1.96. The molecule has 0 saturated carbocycles. The van der Waals surface area contributed by atoms with Crippen LogP contribution in [0, 0.1) is 13.8 Å². The number of hydrogen-bond donors (Lipinski definition) is 1. The fraction of sp³-hybridized carbons (Fsp3) is 0.133. The molecule has 0 radical (unpaired) electrons. The summed E-state index contributed by atoms with van der Waals surface area (Å²) in [6, 6.07) is 9.72. The lowest BCUT2D eigenvalue weighted by atomic mass is 10.1. The number of fused-ring (bicyclic) bond motifs is 1. The van der Waals surface area contributed by atoms with Crippen molar-refractivity contribution < 1.29 is 0 Å². The van der Waals surface area contributed by atoms with Crippen molar-refractivity contribution in [3.8, 4) is 5.69 Å². The topological polar surface area (TPSA) is 43.8 Å². The fourth-order valence-electron chi connectivity index (χ4n) is 2.20. The van der Waals surface area contributed by atoms with Crippen molar-refractivity contribution in [1.29, 1.82) is 0 Å². The van der Waals surface area contributed by atoms with Gasteiger partial charge in [0.05, 0.1) is 22.4 Å². The maximum absolute atomic E-state index is 6.04. The highest BCUT2D eigenvalue weighted by atomic mass is 35.5. The van der Waals surface area contributed by atoms with Crippen molar-refractivity contribution in [1.82, 2.24) is 9.55 Å². The van der Waals surface area contributed by atoms with E-state index in [0.29, 0.717) is 10.7 Å². The van der Waals surface area contributed by atoms with E-state index < -0.39 is 0 Å². The van der Waals surface area contributed by atoms with Gasteiger partial charge >= 0.3 is 0 Å². The summed E-state index contributed by atoms with van der Waals surface area (Å²) in [5.41, 5.74) is 12.1. The molecule has 0 aliphatic carbocycles. The predicted octanol–water partition coefficient (Wildman–Crippen LogP) is 3.88. The second-order valence-corrected chi connectivity index (χ2v) is 5.18. The molecule has 0 amide bonds. The normalized spacial score (nSPS) is 11.1. The molecule has 0 saturated heterocycles. The monoisotopic (exact) mass is 271 g/mol. The van der Waals surface area contributed by atoms with Crippen LogP contribution in [0.1, 0.15) is 11.1 Å². The summed E-state index contributed by atoms with van der Waals surface area (Å²) in [5, 5.41) is 0.637. The molecule has 3 aromatic rings. The highest BCUT2D eigenvalue weighted by Gasteiger charge is 2.09. The third-order valence-electron chi connectivity index (χ3n) is 3.41. The molecule has 0 aliphatic heterocycles. The molecule has 19 heavy (non-hydrogen) atoms. The van der Waals surface area contributed by atoms with Gasteiger partial charge in [0, 0.05) is 5.02 Å². The number of rotatable bonds is 1. The largest absolute Gasteiger partial charge is 0.397 e. The van der Waals surface area contributed by atoms with Gasteiger partial charge in [0.2, 0.25) is 0 Å². The average Bonchev–Trinajstić information content (AvgIpc) is 2.73. The van der Waals surface area contributed by atoms with E-state index in [-0.39, 0.29) is 0 Å². The molecule has 0 aliphatic rings. The summed E-state index contributed by atoms with van der Waals surface area (Å²) in [6.45, 7) is 4.18. The molecule has 2 aromatic carbocycles. The van der Waals surface area contributed by atoms with Crippen LogP contribution in [-0.4, -0.2) is 9.55 Å². The third-order valence-corrected chi connectivity index (χ3v) is 3.65. The number of aromatic nitrogens is 2. The minimum Gasteiger partial charge on any atom is -0.397 e. The van der Waals surface area contributed by atoms with E-state index in [9.17, 15) is 0 Å². The van der Waals surface area contributed by atoms with Crippen molar-refractivity contribution in [2.75, 3.05) is 5.73 Å². The van der Waals surface area contributed by atoms with Gasteiger partial charge in [0.25, 0.3) is 0 Å². The minimum atomic E-state index is 0.637. The van der Waals surface area contributed by atoms with Crippen LogP contribution in [0.2, 0.25) is 5.02 Å². The van der Waals surface area contributed by atoms with Crippen molar-refractivity contribution in [3.05, 3.63) is 52.8 Å². The first-order valence-corrected chi connectivity index (χ1v) is 6.44. The van der Waals surface area contributed by atoms with Crippen LogP contribution in [0.25, 0.3) is 16.7 Å². The van der Waals surface area contributed by atoms with E-state index >= 15 is 0 Å². The number of nitrogens with two attached hydrogens (primary N) is 1. The molecule has 3 rings (SSSR count). The van der Waals surface area contributed by atoms with Gasteiger partial charge in [-0.2, -0.15) is 0 Å². The van der Waals surface area contributed by atoms with Crippen LogP contribution >= 0.6 is 11.6 Å². The number of benzene rings is 2. The van der Waals surface area contributed by atoms with Crippen LogP contribution in [-0.2, 0) is 0 Å². The van der Waals surface area contributed by atoms with Gasteiger partial charge in [0.15, 0.2) is 0 Å². The zero-order valence-electron chi connectivity index (χ0n) is 10.8. The maximum atomic E-state index is 6.04. The van der Waals surface area contributed by atoms with Gasteiger partial charge in [-0.15, -0.1) is 0 Å². The van der Waals surface area contributed by atoms with Crippen molar-refractivity contribution in [2.45, 2.75) is 13.8 Å². The Kier molecular flexibility index (Phi) is 2.72. The summed E-state index contributed by atoms with van der Waals surface area (Å²) in [7, 11) is 0. The van der Waals surface area contributed by atoms with Crippen LogP contribution in [0.5, 0.6) is 0 Å². The lowest BCUT2D eigenvalue weighted by molar-refractivity contribution is 1.09. The van der Waals surface area contributed by atoms with Gasteiger partial charge in [-0.05, 0) is 55.3 Å². The molecule has 0 atom stereocenters. The van der Waals surface area contributed by atoms with Crippen LogP contribution in [0.4, 0.5) is 5.69 Å². The van der Waals surface area contributed by atoms with Gasteiger partial charge < -0.3 is 5.73 Å². The van der Waals surface area contributed by atoms with Crippen molar-refractivity contribution >= 4 is 28.3 Å². The van der Waals surface area contributed by atoms with Crippen molar-refractivity contribution in [3.63, 3.8) is 0 Å². The highest BCUT2D eigenvalue weighted by Crippen LogP contribution is 2.26. The van der Waals surface area contributed by atoms with E-state index in [4.69, 9.17) is 17.3 Å². The molecule has 1 aromatic heterocycles. The summed E-state index contributed by atoms with van der Waals surface area (Å²) in [4.78, 5) is 4.43. The summed E-state index contributed by atoms with van der Waals surface area (Å²) >= 11 is 5.94. The van der Waals surface area contributed by atoms with E-state index in [1.807, 2.05) is 16.7 Å². The average molecular weight is 272 g/mol. The first-order chi connectivity index (χ1) is 9.06. The summed E-state index contributed by atoms with van der Waals surface area (Å²) < 4.78 is 1.99. The van der Waals surface area contributed by atoms with Gasteiger partial charge in [-0.1, -0.05) is 11.6 Å². The van der Waals surface area contributed by atoms with Crippen LogP contribution in [0.3, 0.4) is 0 Å². The molecule has 2 N–H and O–H groups in total. The van der Waals surface area contributed by atoms with Gasteiger partial charge in [-0.25, -0.2) is 4.98 Å². The SMILES string of the molecule is Cc1cc2ncn(-c3ccc(Cl)cc3N)c2cc1C. The summed E-state index contributed by atoms with van der Waals surface area (Å²) in [6.07, 6.45) is 1.79. The molecule has 96 valence electrons. The zero-order chi connectivity index (χ0) is 13.6. The Morgan fingerprint density at radius 3 is 2.58 bits per heavy atom. The number of aryl methyl sites for hydroxylation is 2. The lowest BCUT2D eigenvalue weighted by Gasteiger charge is -2.09. The standard InChI is InChI=1S/C15H14ClN3/c1-9-5-13-15(6-10(9)2)19(8-18-13)14-4-3-11(16)7-12(14)17/h3-8H,17H2,1-2H3. The Morgan fingerprint density at radius 1 is 1.11 bits per heavy atom. The van der Waals surface area contributed by atoms with Crippen LogP contribution in [0.15, 0.2) is 36.7 Å². The fourth-order valence-corrected chi connectivity index (χ4v) is 2.38. The molecule has 0 fully saturated rings. The Hall–Kier alpha value is -2.00.